The highest BCUT2D eigenvalue weighted by Gasteiger charge is 2.69. The number of Topliss-reactive ketones (excluding diaryl/α,β-unsaturated/α-hetero) is 2. The fourth-order valence-corrected chi connectivity index (χ4v) is 13.3. The Kier molecular flexibility index (Phi) is 7.35. The summed E-state index contributed by atoms with van der Waals surface area (Å²) in [5, 5.41) is 3.98. The molecule has 6 aliphatic rings. The lowest BCUT2D eigenvalue weighted by Crippen LogP contribution is -2.66. The molecule has 7 atom stereocenters. The molecule has 7 heteroatoms. The Hall–Kier alpha value is -1.05. The van der Waals surface area contributed by atoms with Gasteiger partial charge in [-0.25, -0.2) is 8.42 Å². The molecule has 42 heavy (non-hydrogen) atoms. The average molecular weight is 601 g/mol. The van der Waals surface area contributed by atoms with E-state index in [2.05, 4.69) is 58.7 Å². The standard InChI is InChI=1S/C35H56N2O4S/c1-23(2)29-25(38)22-35(36-16-17-37-18-20-42(40,41)21-19-37)15-14-33(6)24(30(29)35)8-9-27-32(5)12-11-28(39)31(3,4)26(32)10-13-34(27,33)7/h23-24,26-27,36H,8-22H2,1-7H3/t24-,26+,27-,32+,33-,34-,35-/m1/s1. The van der Waals surface area contributed by atoms with Gasteiger partial charge in [0.25, 0.3) is 0 Å². The first kappa shape index (κ1) is 31.0. The maximum absolute atomic E-state index is 13.8. The molecule has 0 aromatic rings. The van der Waals surface area contributed by atoms with E-state index >= 15 is 0 Å². The van der Waals surface area contributed by atoms with Crippen LogP contribution in [0.5, 0.6) is 0 Å². The van der Waals surface area contributed by atoms with Crippen LogP contribution in [0, 0.1) is 45.3 Å². The van der Waals surface area contributed by atoms with Gasteiger partial charge in [-0.2, -0.15) is 0 Å². The molecule has 1 saturated heterocycles. The van der Waals surface area contributed by atoms with E-state index in [4.69, 9.17) is 0 Å². The molecule has 6 rings (SSSR count). The topological polar surface area (TPSA) is 83.6 Å². The third-order valence-corrected chi connectivity index (χ3v) is 16.1. The lowest BCUT2D eigenvalue weighted by molar-refractivity contribution is -0.209. The molecule has 6 nitrogen and oxygen atoms in total. The number of hydrogen-bond acceptors (Lipinski definition) is 6. The molecule has 1 aliphatic heterocycles. The molecule has 0 aromatic heterocycles. The summed E-state index contributed by atoms with van der Waals surface area (Å²) >= 11 is 0. The van der Waals surface area contributed by atoms with Crippen molar-refractivity contribution in [2.45, 2.75) is 112 Å². The number of carbonyl (C=O) groups is 2. The number of sulfone groups is 1. The average Bonchev–Trinajstić information content (AvgIpc) is 3.20. The first-order valence-electron chi connectivity index (χ1n) is 17.0. The second-order valence-electron chi connectivity index (χ2n) is 16.8. The zero-order chi connectivity index (χ0) is 30.5. The van der Waals surface area contributed by atoms with Crippen LogP contribution in [0.4, 0.5) is 0 Å². The molecule has 236 valence electrons. The maximum atomic E-state index is 13.8. The number of ketones is 2. The van der Waals surface area contributed by atoms with E-state index in [1.54, 1.807) is 0 Å². The molecule has 4 saturated carbocycles. The van der Waals surface area contributed by atoms with E-state index in [9.17, 15) is 18.0 Å². The Morgan fingerprint density at radius 2 is 1.57 bits per heavy atom. The molecule has 1 heterocycles. The highest BCUT2D eigenvalue weighted by molar-refractivity contribution is 7.91. The van der Waals surface area contributed by atoms with Crippen molar-refractivity contribution in [2.75, 3.05) is 37.7 Å². The number of hydrogen-bond donors (Lipinski definition) is 1. The summed E-state index contributed by atoms with van der Waals surface area (Å²) in [6.45, 7) is 19.4. The van der Waals surface area contributed by atoms with Crippen LogP contribution in [0.2, 0.25) is 0 Å². The molecule has 5 aliphatic carbocycles. The van der Waals surface area contributed by atoms with E-state index in [0.717, 1.165) is 57.2 Å². The van der Waals surface area contributed by atoms with Crippen LogP contribution >= 0.6 is 0 Å². The van der Waals surface area contributed by atoms with Gasteiger partial charge in [0.1, 0.15) is 5.78 Å². The highest BCUT2D eigenvalue weighted by atomic mass is 32.2. The van der Waals surface area contributed by atoms with Crippen molar-refractivity contribution in [1.82, 2.24) is 10.2 Å². The van der Waals surface area contributed by atoms with Gasteiger partial charge in [-0.05, 0) is 96.0 Å². The third-order valence-electron chi connectivity index (χ3n) is 14.5. The van der Waals surface area contributed by atoms with E-state index in [1.165, 1.54) is 18.4 Å². The van der Waals surface area contributed by atoms with Gasteiger partial charge in [0.05, 0.1) is 11.5 Å². The normalized spacial score (nSPS) is 44.9. The Labute approximate surface area is 255 Å². The number of nitrogens with one attached hydrogen (secondary N) is 1. The minimum atomic E-state index is -2.89. The van der Waals surface area contributed by atoms with Crippen molar-refractivity contribution < 1.29 is 18.0 Å². The number of rotatable bonds is 5. The summed E-state index contributed by atoms with van der Waals surface area (Å²) in [4.78, 5) is 29.1. The Balaban J connectivity index is 1.30. The van der Waals surface area contributed by atoms with Crippen molar-refractivity contribution in [1.29, 1.82) is 0 Å². The van der Waals surface area contributed by atoms with Gasteiger partial charge in [0.2, 0.25) is 0 Å². The van der Waals surface area contributed by atoms with Crippen LogP contribution in [0.1, 0.15) is 106 Å². The fraction of sp³-hybridized carbons (Fsp3) is 0.886. The van der Waals surface area contributed by atoms with Crippen LogP contribution in [0.25, 0.3) is 0 Å². The van der Waals surface area contributed by atoms with Gasteiger partial charge in [0.15, 0.2) is 15.6 Å². The number of allylic oxidation sites excluding steroid dienone is 1. The van der Waals surface area contributed by atoms with Gasteiger partial charge in [0, 0.05) is 50.0 Å². The van der Waals surface area contributed by atoms with E-state index in [-0.39, 0.29) is 44.6 Å². The summed E-state index contributed by atoms with van der Waals surface area (Å²) in [6, 6.07) is 0. The molecular weight excluding hydrogens is 544 g/mol. The zero-order valence-corrected chi connectivity index (χ0v) is 28.2. The van der Waals surface area contributed by atoms with Gasteiger partial charge < -0.3 is 10.2 Å². The molecule has 0 bridgehead atoms. The highest BCUT2D eigenvalue weighted by Crippen LogP contribution is 2.75. The van der Waals surface area contributed by atoms with Gasteiger partial charge in [-0.15, -0.1) is 0 Å². The first-order valence-corrected chi connectivity index (χ1v) is 18.8. The predicted octanol–water partition coefficient (Wildman–Crippen LogP) is 5.61. The quantitative estimate of drug-likeness (QED) is 0.442. The van der Waals surface area contributed by atoms with E-state index in [1.807, 2.05) is 0 Å². The van der Waals surface area contributed by atoms with Crippen LogP contribution in [-0.2, 0) is 19.4 Å². The fourth-order valence-electron chi connectivity index (χ4n) is 12.1. The Bertz CT molecular complexity index is 1290. The van der Waals surface area contributed by atoms with Crippen molar-refractivity contribution in [2.24, 2.45) is 45.3 Å². The predicted molar refractivity (Wildman–Crippen MR) is 168 cm³/mol. The second-order valence-corrected chi connectivity index (χ2v) is 19.1. The Morgan fingerprint density at radius 3 is 2.24 bits per heavy atom. The smallest absolute Gasteiger partial charge is 0.161 e. The lowest BCUT2D eigenvalue weighted by atomic mass is 9.33. The monoisotopic (exact) mass is 600 g/mol. The summed E-state index contributed by atoms with van der Waals surface area (Å²) in [5.41, 5.74) is 2.56. The summed E-state index contributed by atoms with van der Waals surface area (Å²) < 4.78 is 23.9. The van der Waals surface area contributed by atoms with Gasteiger partial charge >= 0.3 is 0 Å². The molecule has 0 unspecified atom stereocenters. The van der Waals surface area contributed by atoms with Crippen LogP contribution in [0.15, 0.2) is 11.1 Å². The van der Waals surface area contributed by atoms with E-state index < -0.39 is 9.84 Å². The van der Waals surface area contributed by atoms with Crippen molar-refractivity contribution >= 4 is 21.4 Å². The number of fused-ring (bicyclic) bond motifs is 7. The molecule has 5 fully saturated rings. The zero-order valence-electron chi connectivity index (χ0n) is 27.4. The minimum absolute atomic E-state index is 0.127. The molecule has 0 amide bonds. The molecule has 0 spiro atoms. The lowest BCUT2D eigenvalue weighted by Gasteiger charge is -2.71. The van der Waals surface area contributed by atoms with Gasteiger partial charge in [-0.3, -0.25) is 9.59 Å². The number of nitrogens with zero attached hydrogens (tertiary/aromatic N) is 1. The molecule has 0 aromatic carbocycles. The summed E-state index contributed by atoms with van der Waals surface area (Å²) in [5.74, 6) is 3.00. The van der Waals surface area contributed by atoms with Crippen LogP contribution in [-0.4, -0.2) is 68.1 Å². The SMILES string of the molecule is CC(C)C1=C2[C@H]3CC[C@@H]4[C@@]5(C)CCC(=O)C(C)(C)[C@@H]5CC[C@@]4(C)[C@]3(C)CC[C@@]2(NCCN2CCS(=O)(=O)CC2)CC1=O. The van der Waals surface area contributed by atoms with Crippen LogP contribution < -0.4 is 5.32 Å². The van der Waals surface area contributed by atoms with Crippen molar-refractivity contribution in [3.8, 4) is 0 Å². The maximum Gasteiger partial charge on any atom is 0.161 e. The van der Waals surface area contributed by atoms with Crippen LogP contribution in [0.3, 0.4) is 0 Å². The van der Waals surface area contributed by atoms with Gasteiger partial charge in [-0.1, -0.05) is 48.5 Å². The molecular formula is C35H56N2O4S. The largest absolute Gasteiger partial charge is 0.306 e. The number of carbonyl (C=O) groups excluding carboxylic acids is 2. The second kappa shape index (κ2) is 9.97. The molecule has 0 radical (unpaired) electrons. The minimum Gasteiger partial charge on any atom is -0.306 e. The summed E-state index contributed by atoms with van der Waals surface area (Å²) in [6.07, 6.45) is 9.10. The first-order chi connectivity index (χ1) is 19.5. The van der Waals surface area contributed by atoms with Crippen molar-refractivity contribution in [3.63, 3.8) is 0 Å². The molecule has 1 N–H and O–H groups in total. The Morgan fingerprint density at radius 1 is 0.881 bits per heavy atom. The summed E-state index contributed by atoms with van der Waals surface area (Å²) in [7, 11) is -2.89. The van der Waals surface area contributed by atoms with E-state index in [0.29, 0.717) is 48.8 Å². The van der Waals surface area contributed by atoms with Crippen molar-refractivity contribution in [3.05, 3.63) is 11.1 Å². The third kappa shape index (κ3) is 4.32.